The first-order chi connectivity index (χ1) is 14.5. The second-order valence-electron chi connectivity index (χ2n) is 8.10. The van der Waals surface area contributed by atoms with Crippen molar-refractivity contribution in [3.05, 3.63) is 58.3 Å². The summed E-state index contributed by atoms with van der Waals surface area (Å²) in [7, 11) is 4.02. The average molecular weight is 472 g/mol. The van der Waals surface area contributed by atoms with Crippen LogP contribution >= 0.6 is 15.9 Å². The molecule has 5 nitrogen and oxygen atoms in total. The molecule has 1 aromatic heterocycles. The minimum absolute atomic E-state index is 0.223. The fraction of sp³-hybridized carbons (Fsp3) is 0.391. The van der Waals surface area contributed by atoms with Gasteiger partial charge in [-0.05, 0) is 71.4 Å². The van der Waals surface area contributed by atoms with Crippen LogP contribution in [0.4, 0.5) is 16.2 Å². The van der Waals surface area contributed by atoms with E-state index in [0.29, 0.717) is 22.5 Å². The van der Waals surface area contributed by atoms with Crippen molar-refractivity contribution in [3.63, 3.8) is 0 Å². The van der Waals surface area contributed by atoms with Gasteiger partial charge in [-0.1, -0.05) is 18.2 Å². The average Bonchev–Trinajstić information content (AvgIpc) is 2.75. The fourth-order valence-corrected chi connectivity index (χ4v) is 4.43. The molecule has 0 spiro atoms. The Bertz CT molecular complexity index is 1020. The third-order valence-corrected chi connectivity index (χ3v) is 6.25. The summed E-state index contributed by atoms with van der Waals surface area (Å²) in [5.74, 6) is 1.41. The van der Waals surface area contributed by atoms with Gasteiger partial charge in [0.2, 0.25) is 5.95 Å². The van der Waals surface area contributed by atoms with Gasteiger partial charge in [0.1, 0.15) is 11.6 Å². The quantitative estimate of drug-likeness (QED) is 0.522. The number of nitrogens with one attached hydrogen (secondary N) is 2. The van der Waals surface area contributed by atoms with E-state index in [4.69, 9.17) is 9.97 Å². The maximum atomic E-state index is 13.4. The van der Waals surface area contributed by atoms with Crippen molar-refractivity contribution in [1.82, 2.24) is 15.3 Å². The molecule has 2 aromatic carbocycles. The molecule has 0 bridgehead atoms. The molecule has 3 aromatic rings. The highest BCUT2D eigenvalue weighted by molar-refractivity contribution is 9.10. The van der Waals surface area contributed by atoms with Gasteiger partial charge in [0.25, 0.3) is 0 Å². The summed E-state index contributed by atoms with van der Waals surface area (Å²) in [5.41, 5.74) is 2.05. The van der Waals surface area contributed by atoms with Gasteiger partial charge >= 0.3 is 0 Å². The van der Waals surface area contributed by atoms with Crippen LogP contribution in [0.5, 0.6) is 0 Å². The van der Waals surface area contributed by atoms with Gasteiger partial charge in [0.05, 0.1) is 9.99 Å². The van der Waals surface area contributed by atoms with Crippen molar-refractivity contribution in [2.24, 2.45) is 0 Å². The Hall–Kier alpha value is -2.25. The zero-order valence-corrected chi connectivity index (χ0v) is 18.9. The van der Waals surface area contributed by atoms with Crippen molar-refractivity contribution in [2.75, 3.05) is 24.3 Å². The minimum Gasteiger partial charge on any atom is -0.362 e. The first kappa shape index (κ1) is 21.0. The second kappa shape index (κ2) is 9.27. The first-order valence-electron chi connectivity index (χ1n) is 10.4. The highest BCUT2D eigenvalue weighted by Gasteiger charge is 2.22. The Labute approximate surface area is 185 Å². The third-order valence-electron chi connectivity index (χ3n) is 5.65. The second-order valence-corrected chi connectivity index (χ2v) is 8.96. The normalized spacial score (nSPS) is 19.1. The Kier molecular flexibility index (Phi) is 6.49. The van der Waals surface area contributed by atoms with E-state index in [-0.39, 0.29) is 5.82 Å². The van der Waals surface area contributed by atoms with Crippen molar-refractivity contribution in [2.45, 2.75) is 44.3 Å². The molecule has 1 aliphatic carbocycles. The molecule has 0 saturated heterocycles. The lowest BCUT2D eigenvalue weighted by Crippen LogP contribution is -2.37. The van der Waals surface area contributed by atoms with Crippen molar-refractivity contribution in [3.8, 4) is 0 Å². The highest BCUT2D eigenvalue weighted by Crippen LogP contribution is 2.26. The largest absolute Gasteiger partial charge is 0.362 e. The molecule has 1 heterocycles. The molecule has 30 heavy (non-hydrogen) atoms. The van der Waals surface area contributed by atoms with Gasteiger partial charge in [-0.15, -0.1) is 0 Å². The summed E-state index contributed by atoms with van der Waals surface area (Å²) in [4.78, 5) is 11.5. The van der Waals surface area contributed by atoms with Gasteiger partial charge in [-0.25, -0.2) is 9.37 Å². The van der Waals surface area contributed by atoms with E-state index in [2.05, 4.69) is 32.6 Å². The predicted octanol–water partition coefficient (Wildman–Crippen LogP) is 5.11. The first-order valence-corrected chi connectivity index (χ1v) is 11.2. The van der Waals surface area contributed by atoms with Crippen LogP contribution < -0.4 is 15.5 Å². The van der Waals surface area contributed by atoms with Gasteiger partial charge < -0.3 is 15.5 Å². The zero-order chi connectivity index (χ0) is 21.1. The molecule has 0 unspecified atom stereocenters. The molecule has 0 aliphatic heterocycles. The molecule has 0 amide bonds. The summed E-state index contributed by atoms with van der Waals surface area (Å²) in [6.07, 6.45) is 4.32. The van der Waals surface area contributed by atoms with Crippen LogP contribution in [0, 0.1) is 5.82 Å². The summed E-state index contributed by atoms with van der Waals surface area (Å²) >= 11 is 3.25. The number of fused-ring (bicyclic) bond motifs is 1. The molecule has 1 aliphatic rings. The van der Waals surface area contributed by atoms with E-state index in [1.165, 1.54) is 6.07 Å². The number of rotatable bonds is 6. The van der Waals surface area contributed by atoms with Crippen LogP contribution in [0.15, 0.2) is 46.9 Å². The van der Waals surface area contributed by atoms with Crippen LogP contribution in [-0.2, 0) is 6.54 Å². The lowest BCUT2D eigenvalue weighted by molar-refractivity contribution is 0.352. The van der Waals surface area contributed by atoms with E-state index in [1.807, 2.05) is 49.3 Å². The molecule has 1 saturated carbocycles. The fourth-order valence-electron chi connectivity index (χ4n) is 4.00. The number of anilines is 2. The van der Waals surface area contributed by atoms with Crippen LogP contribution in [0.1, 0.15) is 31.2 Å². The van der Waals surface area contributed by atoms with Gasteiger partial charge in [0.15, 0.2) is 0 Å². The van der Waals surface area contributed by atoms with Gasteiger partial charge in [-0.3, -0.25) is 0 Å². The van der Waals surface area contributed by atoms with E-state index in [0.717, 1.165) is 54.5 Å². The molecule has 4 rings (SSSR count). The number of aromatic nitrogens is 2. The lowest BCUT2D eigenvalue weighted by Gasteiger charge is -2.30. The predicted molar refractivity (Wildman–Crippen MR) is 124 cm³/mol. The Morgan fingerprint density at radius 1 is 1.03 bits per heavy atom. The Morgan fingerprint density at radius 3 is 2.50 bits per heavy atom. The Morgan fingerprint density at radius 2 is 1.77 bits per heavy atom. The minimum atomic E-state index is -0.223. The summed E-state index contributed by atoms with van der Waals surface area (Å²) in [6, 6.07) is 14.2. The number of hydrogen-bond donors (Lipinski definition) is 2. The van der Waals surface area contributed by atoms with E-state index < -0.39 is 0 Å². The summed E-state index contributed by atoms with van der Waals surface area (Å²) < 4.78 is 13.9. The van der Waals surface area contributed by atoms with Crippen molar-refractivity contribution < 1.29 is 4.39 Å². The van der Waals surface area contributed by atoms with Crippen molar-refractivity contribution in [1.29, 1.82) is 0 Å². The summed E-state index contributed by atoms with van der Waals surface area (Å²) in [5, 5.41) is 8.22. The number of nitrogens with zero attached hydrogens (tertiary/aromatic N) is 3. The molecule has 0 atom stereocenters. The number of para-hydroxylation sites is 1. The molecule has 0 radical (unpaired) electrons. The summed E-state index contributed by atoms with van der Waals surface area (Å²) in [6.45, 7) is 0.752. The zero-order valence-electron chi connectivity index (χ0n) is 17.3. The molecular weight excluding hydrogens is 445 g/mol. The molecule has 1 fully saturated rings. The molecular formula is C23H27BrFN5. The third kappa shape index (κ3) is 4.90. The van der Waals surface area contributed by atoms with Crippen molar-refractivity contribution >= 4 is 38.6 Å². The topological polar surface area (TPSA) is 53.1 Å². The van der Waals surface area contributed by atoms with Crippen LogP contribution in [0.25, 0.3) is 10.9 Å². The lowest BCUT2D eigenvalue weighted by atomic mass is 9.91. The Balaban J connectivity index is 1.34. The van der Waals surface area contributed by atoms with Crippen LogP contribution in [0.2, 0.25) is 0 Å². The monoisotopic (exact) mass is 471 g/mol. The maximum Gasteiger partial charge on any atom is 0.225 e. The van der Waals surface area contributed by atoms with E-state index in [9.17, 15) is 4.39 Å². The molecule has 2 N–H and O–H groups in total. The maximum absolute atomic E-state index is 13.4. The SMILES string of the molecule is CN(C)c1nc(N[C@H]2CC[C@@H](NCc3ccc(F)c(Br)c3)CC2)nc2ccccc12. The highest BCUT2D eigenvalue weighted by atomic mass is 79.9. The van der Waals surface area contributed by atoms with E-state index in [1.54, 1.807) is 0 Å². The van der Waals surface area contributed by atoms with Gasteiger partial charge in [0, 0.05) is 38.1 Å². The number of hydrogen-bond acceptors (Lipinski definition) is 5. The van der Waals surface area contributed by atoms with Crippen LogP contribution in [0.3, 0.4) is 0 Å². The van der Waals surface area contributed by atoms with E-state index >= 15 is 0 Å². The number of halogens is 2. The standard InChI is InChI=1S/C23H27BrFN5/c1-30(2)22-18-5-3-4-6-21(18)28-23(29-22)27-17-10-8-16(9-11-17)26-14-15-7-12-20(25)19(24)13-15/h3-7,12-13,16-17,26H,8-11,14H2,1-2H3,(H,27,28,29)/t16-,17+. The number of benzene rings is 2. The smallest absolute Gasteiger partial charge is 0.225 e. The van der Waals surface area contributed by atoms with Gasteiger partial charge in [-0.2, -0.15) is 4.98 Å². The molecule has 7 heteroatoms. The molecule has 158 valence electrons. The van der Waals surface area contributed by atoms with Crippen LogP contribution in [-0.4, -0.2) is 36.1 Å².